The molecule has 0 aliphatic carbocycles. The van der Waals surface area contributed by atoms with Crippen molar-refractivity contribution in [2.24, 2.45) is 0 Å². The lowest BCUT2D eigenvalue weighted by Crippen LogP contribution is -2.41. The third-order valence-corrected chi connectivity index (χ3v) is 5.60. The highest BCUT2D eigenvalue weighted by atomic mass is 16.5. The van der Waals surface area contributed by atoms with Crippen molar-refractivity contribution in [2.75, 3.05) is 26.2 Å². The van der Waals surface area contributed by atoms with Gasteiger partial charge >= 0.3 is 0 Å². The van der Waals surface area contributed by atoms with E-state index in [1.807, 2.05) is 30.3 Å². The molecule has 1 heterocycles. The summed E-state index contributed by atoms with van der Waals surface area (Å²) in [5.41, 5.74) is 2.74. The number of amides is 1. The third kappa shape index (κ3) is 6.33. The Hall–Kier alpha value is -2.33. The molecule has 1 fully saturated rings. The van der Waals surface area contributed by atoms with Gasteiger partial charge in [0, 0.05) is 6.54 Å². The van der Waals surface area contributed by atoms with Crippen LogP contribution in [0.1, 0.15) is 57.2 Å². The zero-order chi connectivity index (χ0) is 20.7. The van der Waals surface area contributed by atoms with Crippen molar-refractivity contribution in [2.45, 2.75) is 51.5 Å². The van der Waals surface area contributed by atoms with Gasteiger partial charge in [0.05, 0.1) is 6.04 Å². The topological polar surface area (TPSA) is 41.6 Å². The normalized spacial score (nSPS) is 16.2. The summed E-state index contributed by atoms with van der Waals surface area (Å²) in [6.45, 7) is 9.51. The molecule has 1 N–H and O–H groups in total. The zero-order valence-electron chi connectivity index (χ0n) is 18.0. The first-order chi connectivity index (χ1) is 13.9. The molecule has 0 radical (unpaired) electrons. The van der Waals surface area contributed by atoms with Crippen LogP contribution in [0.3, 0.4) is 0 Å². The summed E-state index contributed by atoms with van der Waals surface area (Å²) in [5, 5.41) is 3.09. The predicted molar refractivity (Wildman–Crippen MR) is 118 cm³/mol. The average molecular weight is 395 g/mol. The Bertz CT molecular complexity index is 760. The molecule has 0 bridgehead atoms. The summed E-state index contributed by atoms with van der Waals surface area (Å²) in [6, 6.07) is 18.6. The lowest BCUT2D eigenvalue weighted by Gasteiger charge is -2.35. The Balaban J connectivity index is 1.63. The van der Waals surface area contributed by atoms with E-state index >= 15 is 0 Å². The van der Waals surface area contributed by atoms with E-state index in [0.29, 0.717) is 12.3 Å². The molecule has 1 amide bonds. The lowest BCUT2D eigenvalue weighted by atomic mass is 9.86. The highest BCUT2D eigenvalue weighted by molar-refractivity contribution is 5.77. The van der Waals surface area contributed by atoms with Crippen LogP contribution in [0.25, 0.3) is 0 Å². The van der Waals surface area contributed by atoms with Gasteiger partial charge in [-0.3, -0.25) is 9.69 Å². The number of carbonyl (C=O) groups is 1. The SMILES string of the molecule is CC(C)(C)c1ccc([C@H](CNC(=O)COc2ccccc2)N2CCCCC2)cc1. The molecular formula is C25H34N2O2. The summed E-state index contributed by atoms with van der Waals surface area (Å²) < 4.78 is 5.58. The molecule has 0 unspecified atom stereocenters. The number of piperidine rings is 1. The fourth-order valence-corrected chi connectivity index (χ4v) is 3.82. The molecular weight excluding hydrogens is 360 g/mol. The fraction of sp³-hybridized carbons (Fsp3) is 0.480. The number of benzene rings is 2. The van der Waals surface area contributed by atoms with E-state index in [-0.39, 0.29) is 24.0 Å². The highest BCUT2D eigenvalue weighted by Gasteiger charge is 2.23. The predicted octanol–water partition coefficient (Wildman–Crippen LogP) is 4.71. The van der Waals surface area contributed by atoms with E-state index in [0.717, 1.165) is 13.1 Å². The van der Waals surface area contributed by atoms with Gasteiger partial charge in [-0.05, 0) is 54.6 Å². The van der Waals surface area contributed by atoms with Gasteiger partial charge in [0.15, 0.2) is 6.61 Å². The monoisotopic (exact) mass is 394 g/mol. The van der Waals surface area contributed by atoms with Crippen LogP contribution in [-0.2, 0) is 10.2 Å². The molecule has 29 heavy (non-hydrogen) atoms. The second kappa shape index (κ2) is 9.93. The van der Waals surface area contributed by atoms with Crippen LogP contribution in [-0.4, -0.2) is 37.0 Å². The molecule has 156 valence electrons. The van der Waals surface area contributed by atoms with E-state index in [9.17, 15) is 4.79 Å². The van der Waals surface area contributed by atoms with E-state index in [4.69, 9.17) is 4.74 Å². The van der Waals surface area contributed by atoms with Crippen LogP contribution >= 0.6 is 0 Å². The Morgan fingerprint density at radius 3 is 2.28 bits per heavy atom. The molecule has 2 aromatic rings. The number of ether oxygens (including phenoxy) is 1. The summed E-state index contributed by atoms with van der Waals surface area (Å²) in [5.74, 6) is 0.634. The highest BCUT2D eigenvalue weighted by Crippen LogP contribution is 2.28. The van der Waals surface area contributed by atoms with Crippen LogP contribution in [0.15, 0.2) is 54.6 Å². The molecule has 4 nitrogen and oxygen atoms in total. The Labute approximate surface area is 175 Å². The van der Waals surface area contributed by atoms with Gasteiger partial charge in [0.1, 0.15) is 5.75 Å². The van der Waals surface area contributed by atoms with Crippen molar-refractivity contribution >= 4 is 5.91 Å². The lowest BCUT2D eigenvalue weighted by molar-refractivity contribution is -0.123. The van der Waals surface area contributed by atoms with Crippen molar-refractivity contribution in [3.63, 3.8) is 0 Å². The molecule has 1 aliphatic heterocycles. The standard InChI is InChI=1S/C25H34N2O2/c1-25(2,3)21-14-12-20(13-15-21)23(27-16-8-5-9-17-27)18-26-24(28)19-29-22-10-6-4-7-11-22/h4,6-7,10-15,23H,5,8-9,16-19H2,1-3H3,(H,26,28)/t23-/m0/s1. The van der Waals surface area contributed by atoms with E-state index in [2.05, 4.69) is 55.3 Å². The maximum Gasteiger partial charge on any atom is 0.258 e. The molecule has 1 atom stereocenters. The summed E-state index contributed by atoms with van der Waals surface area (Å²) in [6.07, 6.45) is 3.74. The number of carbonyl (C=O) groups excluding carboxylic acids is 1. The van der Waals surface area contributed by atoms with E-state index < -0.39 is 0 Å². The van der Waals surface area contributed by atoms with Crippen LogP contribution in [0.5, 0.6) is 5.75 Å². The minimum atomic E-state index is -0.0813. The van der Waals surface area contributed by atoms with Gasteiger partial charge in [-0.2, -0.15) is 0 Å². The van der Waals surface area contributed by atoms with Crippen molar-refractivity contribution < 1.29 is 9.53 Å². The molecule has 0 spiro atoms. The van der Waals surface area contributed by atoms with E-state index in [1.54, 1.807) is 0 Å². The van der Waals surface area contributed by atoms with Crippen LogP contribution in [0.4, 0.5) is 0 Å². The van der Waals surface area contributed by atoms with Gasteiger partial charge in [-0.25, -0.2) is 0 Å². The third-order valence-electron chi connectivity index (χ3n) is 5.60. The van der Waals surface area contributed by atoms with Gasteiger partial charge < -0.3 is 10.1 Å². The number of nitrogens with one attached hydrogen (secondary N) is 1. The van der Waals surface area contributed by atoms with Gasteiger partial charge in [-0.1, -0.05) is 69.7 Å². The number of likely N-dealkylation sites (tertiary alicyclic amines) is 1. The minimum absolute atomic E-state index is 0.0414. The van der Waals surface area contributed by atoms with Gasteiger partial charge in [-0.15, -0.1) is 0 Å². The van der Waals surface area contributed by atoms with E-state index in [1.165, 1.54) is 30.4 Å². The molecule has 1 saturated heterocycles. The molecule has 0 saturated carbocycles. The van der Waals surface area contributed by atoms with Crippen LogP contribution < -0.4 is 10.1 Å². The molecule has 2 aromatic carbocycles. The number of hydrogen-bond acceptors (Lipinski definition) is 3. The average Bonchev–Trinajstić information content (AvgIpc) is 2.74. The van der Waals surface area contributed by atoms with Gasteiger partial charge in [0.2, 0.25) is 0 Å². The fourth-order valence-electron chi connectivity index (χ4n) is 3.82. The van der Waals surface area contributed by atoms with Crippen LogP contribution in [0.2, 0.25) is 0 Å². The van der Waals surface area contributed by atoms with Gasteiger partial charge in [0.25, 0.3) is 5.91 Å². The molecule has 1 aliphatic rings. The molecule has 4 heteroatoms. The maximum absolute atomic E-state index is 12.4. The summed E-state index contributed by atoms with van der Waals surface area (Å²) >= 11 is 0. The molecule has 0 aromatic heterocycles. The van der Waals surface area contributed by atoms with Crippen molar-refractivity contribution in [1.82, 2.24) is 10.2 Å². The van der Waals surface area contributed by atoms with Crippen molar-refractivity contribution in [3.8, 4) is 5.75 Å². The second-order valence-electron chi connectivity index (χ2n) is 8.89. The summed E-state index contributed by atoms with van der Waals surface area (Å²) in [4.78, 5) is 14.9. The summed E-state index contributed by atoms with van der Waals surface area (Å²) in [7, 11) is 0. The first-order valence-electron chi connectivity index (χ1n) is 10.7. The second-order valence-corrected chi connectivity index (χ2v) is 8.89. The smallest absolute Gasteiger partial charge is 0.258 e. The number of hydrogen-bond donors (Lipinski definition) is 1. The van der Waals surface area contributed by atoms with Crippen molar-refractivity contribution in [3.05, 3.63) is 65.7 Å². The Kier molecular flexibility index (Phi) is 7.32. The number of nitrogens with zero attached hydrogens (tertiary/aromatic N) is 1. The number of rotatable bonds is 7. The first-order valence-corrected chi connectivity index (χ1v) is 10.7. The van der Waals surface area contributed by atoms with Crippen LogP contribution in [0, 0.1) is 0 Å². The quantitative estimate of drug-likeness (QED) is 0.740. The first kappa shape index (κ1) is 21.4. The number of para-hydroxylation sites is 1. The Morgan fingerprint density at radius 1 is 1.00 bits per heavy atom. The zero-order valence-corrected chi connectivity index (χ0v) is 18.0. The van der Waals surface area contributed by atoms with Crippen molar-refractivity contribution in [1.29, 1.82) is 0 Å². The Morgan fingerprint density at radius 2 is 1.66 bits per heavy atom. The maximum atomic E-state index is 12.4. The molecule has 3 rings (SSSR count). The minimum Gasteiger partial charge on any atom is -0.484 e. The largest absolute Gasteiger partial charge is 0.484 e.